The first-order valence-electron chi connectivity index (χ1n) is 6.94. The maximum atomic E-state index is 5.85. The Hall–Kier alpha value is -1.39. The second-order valence-electron chi connectivity index (χ2n) is 6.05. The molecule has 1 heterocycles. The number of rotatable bonds is 5. The zero-order chi connectivity index (χ0) is 13.5. The number of aryl methyl sites for hydroxylation is 1. The molecule has 0 unspecified atom stereocenters. The smallest absolute Gasteiger partial charge is 0.104 e. The van der Waals surface area contributed by atoms with Crippen LogP contribution in [0, 0.1) is 12.3 Å². The fraction of sp³-hybridized carbons (Fsp3) is 0.533. The Morgan fingerprint density at radius 1 is 1.42 bits per heavy atom. The summed E-state index contributed by atoms with van der Waals surface area (Å²) in [5.41, 5.74) is 9.75. The van der Waals surface area contributed by atoms with E-state index in [0.717, 1.165) is 36.5 Å². The van der Waals surface area contributed by atoms with Crippen LogP contribution < -0.4 is 5.73 Å². The number of fused-ring (bicyclic) bond motifs is 1. The lowest BCUT2D eigenvalue weighted by atomic mass is 10.1. The lowest BCUT2D eigenvalue weighted by Crippen LogP contribution is -2.31. The van der Waals surface area contributed by atoms with Crippen LogP contribution in [-0.2, 0) is 6.54 Å². The number of hydrogen-bond acceptors (Lipinski definition) is 3. The standard InChI is InChI=1S/C15H22N4/c1-11-17-13-4-3-12(7-14(13)18-11)8-19(2)10-15(9-16)5-6-15/h3-4,7H,5-6,8-10,16H2,1-2H3,(H,17,18). The topological polar surface area (TPSA) is 57.9 Å². The predicted molar refractivity (Wildman–Crippen MR) is 77.9 cm³/mol. The van der Waals surface area contributed by atoms with Crippen LogP contribution in [0.3, 0.4) is 0 Å². The molecule has 0 bridgehead atoms. The molecule has 0 radical (unpaired) electrons. The SMILES string of the molecule is Cc1nc2ccc(CN(C)CC3(CN)CC3)cc2[nH]1. The number of imidazole rings is 1. The molecule has 1 saturated carbocycles. The summed E-state index contributed by atoms with van der Waals surface area (Å²) >= 11 is 0. The Morgan fingerprint density at radius 2 is 2.21 bits per heavy atom. The van der Waals surface area contributed by atoms with Crippen LogP contribution in [-0.4, -0.2) is 35.0 Å². The van der Waals surface area contributed by atoms with Crippen molar-refractivity contribution >= 4 is 11.0 Å². The first kappa shape index (κ1) is 12.6. The van der Waals surface area contributed by atoms with Crippen molar-refractivity contribution in [1.29, 1.82) is 0 Å². The van der Waals surface area contributed by atoms with Crippen molar-refractivity contribution in [3.05, 3.63) is 29.6 Å². The third-order valence-electron chi connectivity index (χ3n) is 4.11. The second-order valence-corrected chi connectivity index (χ2v) is 6.05. The minimum Gasteiger partial charge on any atom is -0.342 e. The molecule has 0 atom stereocenters. The highest BCUT2D eigenvalue weighted by molar-refractivity contribution is 5.75. The van der Waals surface area contributed by atoms with Gasteiger partial charge in [0.15, 0.2) is 0 Å². The quantitative estimate of drug-likeness (QED) is 0.863. The second kappa shape index (κ2) is 4.62. The maximum Gasteiger partial charge on any atom is 0.104 e. The number of nitrogens with one attached hydrogen (secondary N) is 1. The van der Waals surface area contributed by atoms with Crippen molar-refractivity contribution < 1.29 is 0 Å². The molecule has 1 aromatic carbocycles. The number of nitrogens with zero attached hydrogens (tertiary/aromatic N) is 2. The Kier molecular flexibility index (Phi) is 3.07. The Balaban J connectivity index is 1.70. The first-order chi connectivity index (χ1) is 9.10. The minimum absolute atomic E-state index is 0.406. The van der Waals surface area contributed by atoms with Crippen LogP contribution in [0.1, 0.15) is 24.2 Å². The van der Waals surface area contributed by atoms with E-state index in [0.29, 0.717) is 5.41 Å². The lowest BCUT2D eigenvalue weighted by Gasteiger charge is -2.22. The van der Waals surface area contributed by atoms with Crippen LogP contribution in [0.25, 0.3) is 11.0 Å². The molecule has 0 aliphatic heterocycles. The van der Waals surface area contributed by atoms with Gasteiger partial charge in [0, 0.05) is 13.1 Å². The largest absolute Gasteiger partial charge is 0.342 e. The van der Waals surface area contributed by atoms with Gasteiger partial charge in [-0.15, -0.1) is 0 Å². The zero-order valence-corrected chi connectivity index (χ0v) is 11.7. The van der Waals surface area contributed by atoms with Crippen molar-refractivity contribution in [3.63, 3.8) is 0 Å². The average molecular weight is 258 g/mol. The molecule has 0 amide bonds. The summed E-state index contributed by atoms with van der Waals surface area (Å²) in [4.78, 5) is 10.1. The molecule has 3 N–H and O–H groups in total. The van der Waals surface area contributed by atoms with Gasteiger partial charge in [0.1, 0.15) is 5.82 Å². The van der Waals surface area contributed by atoms with E-state index in [4.69, 9.17) is 5.73 Å². The van der Waals surface area contributed by atoms with Crippen molar-refractivity contribution in [2.45, 2.75) is 26.3 Å². The summed E-state index contributed by atoms with van der Waals surface area (Å²) in [7, 11) is 2.18. The van der Waals surface area contributed by atoms with Crippen molar-refractivity contribution in [2.24, 2.45) is 11.1 Å². The van der Waals surface area contributed by atoms with Gasteiger partial charge in [-0.1, -0.05) is 6.07 Å². The number of H-pyrrole nitrogens is 1. The van der Waals surface area contributed by atoms with Crippen LogP contribution in [0.2, 0.25) is 0 Å². The van der Waals surface area contributed by atoms with Gasteiger partial charge in [0.25, 0.3) is 0 Å². The van der Waals surface area contributed by atoms with E-state index in [-0.39, 0.29) is 0 Å². The summed E-state index contributed by atoms with van der Waals surface area (Å²) < 4.78 is 0. The van der Waals surface area contributed by atoms with Gasteiger partial charge in [-0.25, -0.2) is 4.98 Å². The Bertz CT molecular complexity index is 583. The summed E-state index contributed by atoms with van der Waals surface area (Å²) in [5.74, 6) is 0.973. The average Bonchev–Trinajstić information content (AvgIpc) is 3.03. The zero-order valence-electron chi connectivity index (χ0n) is 11.7. The van der Waals surface area contributed by atoms with Gasteiger partial charge in [0.2, 0.25) is 0 Å². The van der Waals surface area contributed by atoms with Gasteiger partial charge in [0.05, 0.1) is 11.0 Å². The highest BCUT2D eigenvalue weighted by Gasteiger charge is 2.41. The molecule has 102 valence electrons. The van der Waals surface area contributed by atoms with E-state index in [1.807, 2.05) is 6.92 Å². The minimum atomic E-state index is 0.406. The van der Waals surface area contributed by atoms with Gasteiger partial charge in [-0.05, 0) is 56.5 Å². The maximum absolute atomic E-state index is 5.85. The van der Waals surface area contributed by atoms with Crippen LogP contribution in [0.4, 0.5) is 0 Å². The van der Waals surface area contributed by atoms with Crippen molar-refractivity contribution in [2.75, 3.05) is 20.1 Å². The molecule has 1 aromatic heterocycles. The summed E-state index contributed by atoms with van der Waals surface area (Å²) in [6.07, 6.45) is 2.57. The number of nitrogens with two attached hydrogens (primary N) is 1. The summed E-state index contributed by atoms with van der Waals surface area (Å²) in [6, 6.07) is 6.47. The Labute approximate surface area is 114 Å². The normalized spacial score (nSPS) is 17.3. The molecular formula is C15H22N4. The van der Waals surface area contributed by atoms with E-state index >= 15 is 0 Å². The number of hydrogen-bond donors (Lipinski definition) is 2. The van der Waals surface area contributed by atoms with Crippen molar-refractivity contribution in [1.82, 2.24) is 14.9 Å². The molecular weight excluding hydrogens is 236 g/mol. The van der Waals surface area contributed by atoms with Gasteiger partial charge >= 0.3 is 0 Å². The molecule has 1 fully saturated rings. The Morgan fingerprint density at radius 3 is 2.89 bits per heavy atom. The van der Waals surface area contributed by atoms with Gasteiger partial charge < -0.3 is 15.6 Å². The van der Waals surface area contributed by atoms with E-state index in [1.165, 1.54) is 18.4 Å². The third-order valence-corrected chi connectivity index (χ3v) is 4.11. The fourth-order valence-corrected chi connectivity index (χ4v) is 2.83. The highest BCUT2D eigenvalue weighted by Crippen LogP contribution is 2.45. The molecule has 2 aromatic rings. The molecule has 0 spiro atoms. The molecule has 4 heteroatoms. The molecule has 1 aliphatic rings. The monoisotopic (exact) mass is 258 g/mol. The van der Waals surface area contributed by atoms with Gasteiger partial charge in [-0.2, -0.15) is 0 Å². The van der Waals surface area contributed by atoms with Crippen LogP contribution >= 0.6 is 0 Å². The molecule has 4 nitrogen and oxygen atoms in total. The summed E-state index contributed by atoms with van der Waals surface area (Å²) in [6.45, 7) is 4.87. The van der Waals surface area contributed by atoms with E-state index in [9.17, 15) is 0 Å². The van der Waals surface area contributed by atoms with Crippen LogP contribution in [0.15, 0.2) is 18.2 Å². The van der Waals surface area contributed by atoms with Gasteiger partial charge in [-0.3, -0.25) is 0 Å². The van der Waals surface area contributed by atoms with E-state index in [2.05, 4.69) is 40.1 Å². The number of benzene rings is 1. The third kappa shape index (κ3) is 2.65. The number of aromatic nitrogens is 2. The molecule has 19 heavy (non-hydrogen) atoms. The highest BCUT2D eigenvalue weighted by atomic mass is 15.1. The number of aromatic amines is 1. The van der Waals surface area contributed by atoms with E-state index < -0.39 is 0 Å². The first-order valence-corrected chi connectivity index (χ1v) is 6.94. The molecule has 0 saturated heterocycles. The summed E-state index contributed by atoms with van der Waals surface area (Å²) in [5, 5.41) is 0. The predicted octanol–water partition coefficient (Wildman–Crippen LogP) is 2.04. The molecule has 3 rings (SSSR count). The molecule has 1 aliphatic carbocycles. The van der Waals surface area contributed by atoms with E-state index in [1.54, 1.807) is 0 Å². The van der Waals surface area contributed by atoms with Crippen molar-refractivity contribution in [3.8, 4) is 0 Å². The lowest BCUT2D eigenvalue weighted by molar-refractivity contribution is 0.259. The fourth-order valence-electron chi connectivity index (χ4n) is 2.83. The van der Waals surface area contributed by atoms with Crippen LogP contribution in [0.5, 0.6) is 0 Å².